The lowest BCUT2D eigenvalue weighted by atomic mass is 10.2. The monoisotopic (exact) mass is 403 g/mol. The average molecular weight is 404 g/mol. The number of aromatic nitrogens is 1. The molecule has 1 saturated heterocycles. The predicted octanol–water partition coefficient (Wildman–Crippen LogP) is 3.10. The van der Waals surface area contributed by atoms with Gasteiger partial charge in [-0.15, -0.1) is 0 Å². The molecule has 1 aromatic carbocycles. The Labute approximate surface area is 157 Å². The molecule has 1 aliphatic rings. The lowest BCUT2D eigenvalue weighted by molar-refractivity contribution is 0.181. The minimum Gasteiger partial charge on any atom is -0.360 e. The first-order valence-electron chi connectivity index (χ1n) is 7.89. The highest BCUT2D eigenvalue weighted by Crippen LogP contribution is 2.27. The smallest absolute Gasteiger partial charge is 0.248 e. The summed E-state index contributed by atoms with van der Waals surface area (Å²) in [6, 6.07) is 5.42. The summed E-state index contributed by atoms with van der Waals surface area (Å²) in [5.74, 6) is 0.322. The SMILES string of the molecule is Cc1noc(C)c1S(=O)(=O)N1CCN(Cc2c(Cl)cccc2Cl)CC1. The van der Waals surface area contributed by atoms with Gasteiger partial charge in [0.15, 0.2) is 5.76 Å². The number of hydrogen-bond acceptors (Lipinski definition) is 5. The molecule has 0 saturated carbocycles. The molecule has 0 atom stereocenters. The fourth-order valence-electron chi connectivity index (χ4n) is 3.01. The Morgan fingerprint density at radius 1 is 1.12 bits per heavy atom. The average Bonchev–Trinajstić information content (AvgIpc) is 2.91. The van der Waals surface area contributed by atoms with Gasteiger partial charge in [0.25, 0.3) is 0 Å². The first-order valence-corrected chi connectivity index (χ1v) is 10.1. The largest absolute Gasteiger partial charge is 0.360 e. The molecule has 0 amide bonds. The minimum absolute atomic E-state index is 0.176. The third kappa shape index (κ3) is 3.71. The molecule has 0 unspecified atom stereocenters. The summed E-state index contributed by atoms with van der Waals surface area (Å²) in [6.45, 7) is 5.84. The van der Waals surface area contributed by atoms with E-state index in [1.54, 1.807) is 26.0 Å². The maximum atomic E-state index is 12.8. The van der Waals surface area contributed by atoms with Crippen LogP contribution in [0.15, 0.2) is 27.6 Å². The van der Waals surface area contributed by atoms with Gasteiger partial charge in [-0.05, 0) is 26.0 Å². The van der Waals surface area contributed by atoms with Gasteiger partial charge in [-0.1, -0.05) is 34.4 Å². The van der Waals surface area contributed by atoms with Gasteiger partial charge in [0.2, 0.25) is 10.0 Å². The molecule has 1 aromatic heterocycles. The second-order valence-electron chi connectivity index (χ2n) is 6.03. The van der Waals surface area contributed by atoms with Crippen LogP contribution in [-0.4, -0.2) is 49.0 Å². The molecule has 2 heterocycles. The van der Waals surface area contributed by atoms with Crippen molar-refractivity contribution in [2.75, 3.05) is 26.2 Å². The van der Waals surface area contributed by atoms with Crippen LogP contribution in [0.3, 0.4) is 0 Å². The first-order chi connectivity index (χ1) is 11.8. The van der Waals surface area contributed by atoms with Gasteiger partial charge in [-0.3, -0.25) is 4.90 Å². The zero-order valence-corrected chi connectivity index (χ0v) is 16.3. The number of piperazine rings is 1. The zero-order valence-electron chi connectivity index (χ0n) is 14.0. The summed E-state index contributed by atoms with van der Waals surface area (Å²) in [5.41, 5.74) is 1.26. The van der Waals surface area contributed by atoms with Crippen molar-refractivity contribution in [2.45, 2.75) is 25.3 Å². The Morgan fingerprint density at radius 2 is 1.72 bits per heavy atom. The standard InChI is InChI=1S/C16H19Cl2N3O3S/c1-11-16(12(2)24-19-11)25(22,23)21-8-6-20(7-9-21)10-13-14(17)4-3-5-15(13)18/h3-5H,6-10H2,1-2H3. The van der Waals surface area contributed by atoms with E-state index in [-0.39, 0.29) is 4.90 Å². The summed E-state index contributed by atoms with van der Waals surface area (Å²) < 4.78 is 32.1. The zero-order chi connectivity index (χ0) is 18.2. The molecular formula is C16H19Cl2N3O3S. The van der Waals surface area contributed by atoms with Crippen molar-refractivity contribution < 1.29 is 12.9 Å². The maximum Gasteiger partial charge on any atom is 0.248 e. The molecular weight excluding hydrogens is 385 g/mol. The Morgan fingerprint density at radius 3 is 2.24 bits per heavy atom. The molecule has 1 fully saturated rings. The van der Waals surface area contributed by atoms with E-state index in [0.717, 1.165) is 5.56 Å². The van der Waals surface area contributed by atoms with Crippen LogP contribution in [0.25, 0.3) is 0 Å². The lowest BCUT2D eigenvalue weighted by Crippen LogP contribution is -2.48. The van der Waals surface area contributed by atoms with E-state index in [0.29, 0.717) is 54.2 Å². The van der Waals surface area contributed by atoms with Gasteiger partial charge >= 0.3 is 0 Å². The van der Waals surface area contributed by atoms with Crippen molar-refractivity contribution in [1.29, 1.82) is 0 Å². The Balaban J connectivity index is 1.70. The molecule has 0 aliphatic carbocycles. The summed E-state index contributed by atoms with van der Waals surface area (Å²) >= 11 is 12.4. The van der Waals surface area contributed by atoms with E-state index in [1.807, 2.05) is 6.07 Å². The van der Waals surface area contributed by atoms with Crippen molar-refractivity contribution in [3.05, 3.63) is 45.3 Å². The number of hydrogen-bond donors (Lipinski definition) is 0. The quantitative estimate of drug-likeness (QED) is 0.784. The number of nitrogens with zero attached hydrogens (tertiary/aromatic N) is 3. The van der Waals surface area contributed by atoms with Crippen molar-refractivity contribution in [1.82, 2.24) is 14.4 Å². The van der Waals surface area contributed by atoms with Crippen LogP contribution < -0.4 is 0 Å². The highest BCUT2D eigenvalue weighted by Gasteiger charge is 2.33. The van der Waals surface area contributed by atoms with E-state index < -0.39 is 10.0 Å². The molecule has 3 rings (SSSR count). The van der Waals surface area contributed by atoms with Gasteiger partial charge in [-0.2, -0.15) is 4.31 Å². The van der Waals surface area contributed by atoms with Crippen molar-refractivity contribution in [3.8, 4) is 0 Å². The Bertz CT molecular complexity index is 835. The number of aryl methyl sites for hydroxylation is 2. The minimum atomic E-state index is -3.59. The number of benzene rings is 1. The van der Waals surface area contributed by atoms with E-state index in [2.05, 4.69) is 10.1 Å². The highest BCUT2D eigenvalue weighted by atomic mass is 35.5. The molecule has 0 N–H and O–H groups in total. The summed E-state index contributed by atoms with van der Waals surface area (Å²) in [5, 5.41) is 4.99. The van der Waals surface area contributed by atoms with Gasteiger partial charge in [0.1, 0.15) is 10.6 Å². The van der Waals surface area contributed by atoms with Crippen LogP contribution in [0.2, 0.25) is 10.0 Å². The topological polar surface area (TPSA) is 66.7 Å². The summed E-state index contributed by atoms with van der Waals surface area (Å²) in [6.07, 6.45) is 0. The van der Waals surface area contributed by atoms with Crippen LogP contribution in [0.4, 0.5) is 0 Å². The molecule has 6 nitrogen and oxygen atoms in total. The van der Waals surface area contributed by atoms with Gasteiger partial charge < -0.3 is 4.52 Å². The number of sulfonamides is 1. The van der Waals surface area contributed by atoms with Crippen LogP contribution in [0, 0.1) is 13.8 Å². The molecule has 9 heteroatoms. The molecule has 1 aliphatic heterocycles. The molecule has 0 spiro atoms. The van der Waals surface area contributed by atoms with Crippen LogP contribution in [0.5, 0.6) is 0 Å². The van der Waals surface area contributed by atoms with E-state index in [9.17, 15) is 8.42 Å². The predicted molar refractivity (Wildman–Crippen MR) is 96.5 cm³/mol. The van der Waals surface area contributed by atoms with Crippen LogP contribution in [0.1, 0.15) is 17.0 Å². The molecule has 136 valence electrons. The third-order valence-electron chi connectivity index (χ3n) is 4.34. The van der Waals surface area contributed by atoms with Crippen LogP contribution in [-0.2, 0) is 16.6 Å². The van der Waals surface area contributed by atoms with Crippen LogP contribution >= 0.6 is 23.2 Å². The Hall–Kier alpha value is -1.12. The second-order valence-corrected chi connectivity index (χ2v) is 8.72. The normalized spacial score (nSPS) is 17.1. The van der Waals surface area contributed by atoms with E-state index >= 15 is 0 Å². The second kappa shape index (κ2) is 7.25. The summed E-state index contributed by atoms with van der Waals surface area (Å²) in [4.78, 5) is 2.32. The van der Waals surface area contributed by atoms with Gasteiger partial charge in [0.05, 0.1) is 0 Å². The molecule has 2 aromatic rings. The molecule has 0 radical (unpaired) electrons. The fraction of sp³-hybridized carbons (Fsp3) is 0.438. The van der Waals surface area contributed by atoms with Gasteiger partial charge in [-0.25, -0.2) is 8.42 Å². The van der Waals surface area contributed by atoms with E-state index in [4.69, 9.17) is 27.7 Å². The highest BCUT2D eigenvalue weighted by molar-refractivity contribution is 7.89. The molecule has 0 bridgehead atoms. The van der Waals surface area contributed by atoms with Gasteiger partial charge in [0, 0.05) is 48.3 Å². The maximum absolute atomic E-state index is 12.8. The third-order valence-corrected chi connectivity index (χ3v) is 7.19. The van der Waals surface area contributed by atoms with E-state index in [1.165, 1.54) is 4.31 Å². The van der Waals surface area contributed by atoms with Crippen molar-refractivity contribution >= 4 is 33.2 Å². The number of rotatable bonds is 4. The molecule has 25 heavy (non-hydrogen) atoms. The fourth-order valence-corrected chi connectivity index (χ4v) is 5.24. The Kier molecular flexibility index (Phi) is 5.41. The van der Waals surface area contributed by atoms with Crippen molar-refractivity contribution in [3.63, 3.8) is 0 Å². The van der Waals surface area contributed by atoms with Crippen molar-refractivity contribution in [2.24, 2.45) is 0 Å². The summed E-state index contributed by atoms with van der Waals surface area (Å²) in [7, 11) is -3.59. The lowest BCUT2D eigenvalue weighted by Gasteiger charge is -2.34. The number of halogens is 2. The first kappa shape index (κ1) is 18.7.